The molecule has 3 rings (SSSR count). The fourth-order valence-corrected chi connectivity index (χ4v) is 4.69. The topological polar surface area (TPSA) is 125 Å². The number of anilines is 2. The zero-order valence-electron chi connectivity index (χ0n) is 15.6. The van der Waals surface area contributed by atoms with Crippen molar-refractivity contribution in [3.8, 4) is 5.75 Å². The van der Waals surface area contributed by atoms with Gasteiger partial charge < -0.3 is 15.2 Å². The summed E-state index contributed by atoms with van der Waals surface area (Å²) in [6.45, 7) is -0.228. The minimum absolute atomic E-state index is 0.0647. The number of benzene rings is 2. The van der Waals surface area contributed by atoms with Crippen LogP contribution in [0, 0.1) is 5.82 Å². The third kappa shape index (κ3) is 4.41. The zero-order valence-corrected chi connectivity index (χ0v) is 17.1. The summed E-state index contributed by atoms with van der Waals surface area (Å²) < 4.78 is 46.8. The van der Waals surface area contributed by atoms with Crippen LogP contribution in [0.25, 0.3) is 0 Å². The highest BCUT2D eigenvalue weighted by molar-refractivity contribution is 7.92. The predicted molar refractivity (Wildman–Crippen MR) is 107 cm³/mol. The van der Waals surface area contributed by atoms with Crippen LogP contribution in [0.1, 0.15) is 6.42 Å². The highest BCUT2D eigenvalue weighted by Crippen LogP contribution is 2.39. The van der Waals surface area contributed by atoms with Gasteiger partial charge in [0.1, 0.15) is 17.7 Å². The lowest BCUT2D eigenvalue weighted by molar-refractivity contribution is -0.122. The van der Waals surface area contributed by atoms with Crippen LogP contribution >= 0.6 is 11.6 Å². The molecule has 2 amide bonds. The van der Waals surface area contributed by atoms with E-state index in [1.54, 1.807) is 0 Å². The molecule has 0 aromatic heterocycles. The Hall–Kier alpha value is -3.05. The van der Waals surface area contributed by atoms with Gasteiger partial charge in [-0.3, -0.25) is 14.4 Å². The van der Waals surface area contributed by atoms with Crippen LogP contribution < -0.4 is 19.7 Å². The van der Waals surface area contributed by atoms with Crippen LogP contribution in [-0.4, -0.2) is 45.2 Å². The van der Waals surface area contributed by atoms with E-state index in [-0.39, 0.29) is 45.9 Å². The van der Waals surface area contributed by atoms with Crippen molar-refractivity contribution >= 4 is 45.0 Å². The van der Waals surface area contributed by atoms with Crippen molar-refractivity contribution in [3.05, 3.63) is 47.2 Å². The van der Waals surface area contributed by atoms with Gasteiger partial charge in [-0.2, -0.15) is 0 Å². The van der Waals surface area contributed by atoms with Crippen LogP contribution in [0.4, 0.5) is 20.6 Å². The summed E-state index contributed by atoms with van der Waals surface area (Å²) in [7, 11) is -2.80. The number of carboxylic acid groups (broad SMARTS) is 1. The molecule has 0 fully saturated rings. The van der Waals surface area contributed by atoms with Crippen molar-refractivity contribution in [3.63, 3.8) is 0 Å². The van der Waals surface area contributed by atoms with Crippen LogP contribution in [0.2, 0.25) is 5.02 Å². The quantitative estimate of drug-likeness (QED) is 0.634. The lowest BCUT2D eigenvalue weighted by atomic mass is 10.1. The number of nitrogens with zero attached hydrogens (tertiary/aromatic N) is 1. The maximum atomic E-state index is 13.5. The van der Waals surface area contributed by atoms with Crippen molar-refractivity contribution in [1.29, 1.82) is 0 Å². The molecule has 0 spiro atoms. The number of rotatable bonds is 5. The fraction of sp³-hybridized carbons (Fsp3) is 0.222. The molecule has 0 radical (unpaired) electrons. The Morgan fingerprint density at radius 3 is 2.67 bits per heavy atom. The number of amides is 2. The molecular weight excluding hydrogens is 441 g/mol. The Kier molecular flexibility index (Phi) is 6.04. The minimum atomic E-state index is -4.24. The molecule has 9 nitrogen and oxygen atoms in total. The minimum Gasteiger partial charge on any atom is -0.486 e. The molecule has 1 unspecified atom stereocenters. The second-order valence-electron chi connectivity index (χ2n) is 6.34. The van der Waals surface area contributed by atoms with E-state index in [1.165, 1.54) is 25.2 Å². The third-order valence-electron chi connectivity index (χ3n) is 4.31. The van der Waals surface area contributed by atoms with Gasteiger partial charge >= 0.3 is 6.09 Å². The molecule has 0 bridgehead atoms. The second-order valence-corrected chi connectivity index (χ2v) is 8.61. The van der Waals surface area contributed by atoms with Gasteiger partial charge in [-0.15, -0.1) is 0 Å². The Morgan fingerprint density at radius 2 is 2.03 bits per heavy atom. The number of hydrogen-bond donors (Lipinski definition) is 3. The first-order valence-corrected chi connectivity index (χ1v) is 10.4. The molecule has 2 aromatic rings. The second kappa shape index (κ2) is 8.36. The third-order valence-corrected chi connectivity index (χ3v) is 6.38. The summed E-state index contributed by atoms with van der Waals surface area (Å²) in [6, 6.07) is 7.07. The number of nitrogens with one attached hydrogen (secondary N) is 2. The van der Waals surface area contributed by atoms with Crippen LogP contribution in [-0.2, 0) is 14.8 Å². The number of halogens is 2. The maximum Gasteiger partial charge on any atom is 0.409 e. The van der Waals surface area contributed by atoms with E-state index in [0.717, 1.165) is 22.5 Å². The zero-order chi connectivity index (χ0) is 22.1. The van der Waals surface area contributed by atoms with E-state index in [4.69, 9.17) is 21.4 Å². The first-order chi connectivity index (χ1) is 14.1. The molecular formula is C18H17ClFN3O6S. The highest BCUT2D eigenvalue weighted by Gasteiger charge is 2.36. The van der Waals surface area contributed by atoms with E-state index in [1.807, 2.05) is 0 Å². The SMILES string of the molecule is CNC(=O)CC1CN(S(=O)(=O)c2ccc(F)c(Cl)c2)c2cc(NC(=O)O)ccc2O1. The predicted octanol–water partition coefficient (Wildman–Crippen LogP) is 2.66. The first kappa shape index (κ1) is 21.7. The van der Waals surface area contributed by atoms with Gasteiger partial charge in [-0.25, -0.2) is 17.6 Å². The average molecular weight is 458 g/mol. The van der Waals surface area contributed by atoms with Gasteiger partial charge in [0.05, 0.1) is 28.6 Å². The maximum absolute atomic E-state index is 13.5. The lowest BCUT2D eigenvalue weighted by Crippen LogP contribution is -2.45. The van der Waals surface area contributed by atoms with E-state index in [2.05, 4.69) is 10.6 Å². The van der Waals surface area contributed by atoms with Crippen molar-refractivity contribution < 1.29 is 32.2 Å². The monoisotopic (exact) mass is 457 g/mol. The average Bonchev–Trinajstić information content (AvgIpc) is 2.69. The Bertz CT molecular complexity index is 1110. The molecule has 0 aliphatic carbocycles. The number of sulfonamides is 1. The summed E-state index contributed by atoms with van der Waals surface area (Å²) in [4.78, 5) is 22.5. The molecule has 3 N–H and O–H groups in total. The van der Waals surface area contributed by atoms with E-state index in [9.17, 15) is 22.4 Å². The number of fused-ring (bicyclic) bond motifs is 1. The van der Waals surface area contributed by atoms with E-state index < -0.39 is 28.0 Å². The summed E-state index contributed by atoms with van der Waals surface area (Å²) in [6.07, 6.45) is -2.24. The Labute approximate surface area is 176 Å². The highest BCUT2D eigenvalue weighted by atomic mass is 35.5. The smallest absolute Gasteiger partial charge is 0.409 e. The molecule has 12 heteroatoms. The van der Waals surface area contributed by atoms with Gasteiger partial charge in [0.15, 0.2) is 0 Å². The Balaban J connectivity index is 2.08. The molecule has 1 aliphatic heterocycles. The van der Waals surface area contributed by atoms with Gasteiger partial charge in [0.2, 0.25) is 5.91 Å². The van der Waals surface area contributed by atoms with Crippen molar-refractivity contribution in [1.82, 2.24) is 5.32 Å². The normalized spacial score (nSPS) is 15.7. The fourth-order valence-electron chi connectivity index (χ4n) is 2.92. The van der Waals surface area contributed by atoms with Crippen LogP contribution in [0.3, 0.4) is 0 Å². The molecule has 1 aliphatic rings. The lowest BCUT2D eigenvalue weighted by Gasteiger charge is -2.35. The molecule has 2 aromatic carbocycles. The largest absolute Gasteiger partial charge is 0.486 e. The summed E-state index contributed by atoms with van der Waals surface area (Å²) in [5.41, 5.74) is 0.182. The Morgan fingerprint density at radius 1 is 1.30 bits per heavy atom. The van der Waals surface area contributed by atoms with Crippen molar-refractivity contribution in [2.45, 2.75) is 17.4 Å². The van der Waals surface area contributed by atoms with Crippen molar-refractivity contribution in [2.24, 2.45) is 0 Å². The molecule has 0 saturated heterocycles. The summed E-state index contributed by atoms with van der Waals surface area (Å²) >= 11 is 5.75. The van der Waals surface area contributed by atoms with E-state index in [0.29, 0.717) is 0 Å². The van der Waals surface area contributed by atoms with Gasteiger partial charge in [-0.1, -0.05) is 11.6 Å². The van der Waals surface area contributed by atoms with E-state index >= 15 is 0 Å². The van der Waals surface area contributed by atoms with Gasteiger partial charge in [0, 0.05) is 12.7 Å². The van der Waals surface area contributed by atoms with Crippen LogP contribution in [0.15, 0.2) is 41.3 Å². The molecule has 1 heterocycles. The molecule has 30 heavy (non-hydrogen) atoms. The summed E-state index contributed by atoms with van der Waals surface area (Å²) in [5, 5.41) is 13.1. The van der Waals surface area contributed by atoms with Gasteiger partial charge in [0.25, 0.3) is 10.0 Å². The molecule has 0 saturated carbocycles. The molecule has 160 valence electrons. The van der Waals surface area contributed by atoms with Crippen LogP contribution in [0.5, 0.6) is 5.75 Å². The molecule has 1 atom stereocenters. The standard InChI is InChI=1S/C18H17ClFN3O6S/c1-21-17(24)7-11-9-23(30(27,28)12-3-4-14(20)13(19)8-12)15-6-10(22-18(25)26)2-5-16(15)29-11/h2-6,8,11,22H,7,9H2,1H3,(H,21,24)(H,25,26). The summed E-state index contributed by atoms with van der Waals surface area (Å²) in [5.74, 6) is -0.985. The van der Waals surface area contributed by atoms with Crippen molar-refractivity contribution in [2.75, 3.05) is 23.2 Å². The number of carbonyl (C=O) groups is 2. The number of carbonyl (C=O) groups excluding carboxylic acids is 1. The number of hydrogen-bond acceptors (Lipinski definition) is 5. The number of ether oxygens (including phenoxy) is 1. The van der Waals surface area contributed by atoms with Gasteiger partial charge in [-0.05, 0) is 36.4 Å². The first-order valence-electron chi connectivity index (χ1n) is 8.61.